The van der Waals surface area contributed by atoms with Gasteiger partial charge >= 0.3 is 0 Å². The van der Waals surface area contributed by atoms with E-state index in [0.717, 1.165) is 0 Å². The van der Waals surface area contributed by atoms with Gasteiger partial charge in [0.1, 0.15) is 0 Å². The van der Waals surface area contributed by atoms with Gasteiger partial charge in [0, 0.05) is 26.2 Å². The van der Waals surface area contributed by atoms with Crippen LogP contribution in [0.5, 0.6) is 0 Å². The first kappa shape index (κ1) is 17.8. The van der Waals surface area contributed by atoms with Gasteiger partial charge in [0.05, 0.1) is 0 Å². The molecule has 0 bridgehead atoms. The molecule has 2 aromatic carbocycles. The van der Waals surface area contributed by atoms with Crippen LogP contribution in [0.2, 0.25) is 0 Å². The predicted octanol–water partition coefficient (Wildman–Crippen LogP) is 4.96. The molecule has 1 aliphatic rings. The van der Waals surface area contributed by atoms with Crippen molar-refractivity contribution in [1.82, 2.24) is 0 Å². The Morgan fingerprint density at radius 3 is 2.59 bits per heavy atom. The normalized spacial score (nSPS) is 12.4. The smallest absolute Gasteiger partial charge is 0 e. The maximum absolute atomic E-state index is 3.75. The van der Waals surface area contributed by atoms with Crippen LogP contribution in [0, 0.1) is 6.92 Å². The molecule has 2 aromatic rings. The summed E-state index contributed by atoms with van der Waals surface area (Å²) in [6.07, 6.45) is 3.82. The van der Waals surface area contributed by atoms with Crippen LogP contribution in [-0.4, -0.2) is 0 Å². The van der Waals surface area contributed by atoms with Crippen LogP contribution >= 0.6 is 40.7 Å². The third-order valence-corrected chi connectivity index (χ3v) is 4.06. The summed E-state index contributed by atoms with van der Waals surface area (Å²) in [5.74, 6) is 0. The molecular formula is C13H14BrCl2Zr-. The Hall–Kier alpha value is 0.773. The summed E-state index contributed by atoms with van der Waals surface area (Å²) in [6, 6.07) is 6.92. The van der Waals surface area contributed by atoms with E-state index in [2.05, 4.69) is 41.1 Å². The van der Waals surface area contributed by atoms with Gasteiger partial charge in [-0.3, -0.25) is 0 Å². The Balaban J connectivity index is 0.000000853. The second kappa shape index (κ2) is 6.80. The zero-order valence-electron chi connectivity index (χ0n) is 9.55. The van der Waals surface area contributed by atoms with Gasteiger partial charge < -0.3 is 0 Å². The van der Waals surface area contributed by atoms with Crippen molar-refractivity contribution in [1.29, 1.82) is 0 Å². The molecule has 3 rings (SSSR count). The van der Waals surface area contributed by atoms with E-state index in [4.69, 9.17) is 0 Å². The van der Waals surface area contributed by atoms with Gasteiger partial charge in [-0.25, -0.2) is 0 Å². The van der Waals surface area contributed by atoms with Crippen LogP contribution < -0.4 is 0 Å². The van der Waals surface area contributed by atoms with Gasteiger partial charge in [-0.1, -0.05) is 28.4 Å². The van der Waals surface area contributed by atoms with Gasteiger partial charge in [0.25, 0.3) is 0 Å². The fraction of sp³-hybridized carbons (Fsp3) is 0.308. The summed E-state index contributed by atoms with van der Waals surface area (Å²) >= 11 is 3.75. The quantitative estimate of drug-likeness (QED) is 0.537. The fourth-order valence-electron chi connectivity index (χ4n) is 2.51. The molecule has 0 aliphatic heterocycles. The molecule has 0 N–H and O–H groups in total. The van der Waals surface area contributed by atoms with E-state index in [1.807, 2.05) is 0 Å². The molecule has 17 heavy (non-hydrogen) atoms. The van der Waals surface area contributed by atoms with E-state index >= 15 is 0 Å². The molecule has 0 aromatic heterocycles. The third-order valence-electron chi connectivity index (χ3n) is 3.16. The zero-order valence-corrected chi connectivity index (χ0v) is 15.2. The number of hydrogen-bond donors (Lipinski definition) is 0. The summed E-state index contributed by atoms with van der Waals surface area (Å²) in [7, 11) is 0. The molecule has 0 amide bonds. The molecule has 0 spiro atoms. The summed E-state index contributed by atoms with van der Waals surface area (Å²) in [6.45, 7) is 2.16. The molecular weight excluding hydrogens is 398 g/mol. The largest absolute Gasteiger partial charge is 0.164 e. The second-order valence-electron chi connectivity index (χ2n) is 4.22. The molecule has 0 nitrogen and oxygen atoms in total. The minimum atomic E-state index is 0. The van der Waals surface area contributed by atoms with Crippen molar-refractivity contribution in [3.63, 3.8) is 0 Å². The molecule has 92 valence electrons. The van der Waals surface area contributed by atoms with Crippen LogP contribution in [0.1, 0.15) is 23.1 Å². The van der Waals surface area contributed by atoms with Crippen molar-refractivity contribution < 1.29 is 26.2 Å². The molecule has 0 radical (unpaired) electrons. The molecule has 0 fully saturated rings. The van der Waals surface area contributed by atoms with Crippen LogP contribution in [0.15, 0.2) is 22.7 Å². The van der Waals surface area contributed by atoms with Gasteiger partial charge in [0.15, 0.2) is 0 Å². The van der Waals surface area contributed by atoms with Crippen molar-refractivity contribution in [3.05, 3.63) is 39.4 Å². The first-order chi connectivity index (χ1) is 6.75. The Bertz CT molecular complexity index is 520. The van der Waals surface area contributed by atoms with Crippen LogP contribution in [-0.2, 0) is 39.0 Å². The van der Waals surface area contributed by atoms with Crippen LogP contribution in [0.4, 0.5) is 0 Å². The molecule has 0 saturated heterocycles. The van der Waals surface area contributed by atoms with Crippen molar-refractivity contribution >= 4 is 51.5 Å². The molecule has 1 aliphatic carbocycles. The average molecular weight is 412 g/mol. The minimum absolute atomic E-state index is 0. The number of hydrogen-bond acceptors (Lipinski definition) is 0. The molecule has 0 unspecified atom stereocenters. The Morgan fingerprint density at radius 2 is 1.88 bits per heavy atom. The average Bonchev–Trinajstić information content (AvgIpc) is 2.71. The van der Waals surface area contributed by atoms with Crippen LogP contribution in [0.3, 0.4) is 0 Å². The molecule has 0 saturated carbocycles. The van der Waals surface area contributed by atoms with E-state index < -0.39 is 0 Å². The first-order valence-corrected chi connectivity index (χ1v) is 5.92. The van der Waals surface area contributed by atoms with E-state index in [0.29, 0.717) is 0 Å². The monoisotopic (exact) mass is 409 g/mol. The molecule has 0 atom stereocenters. The maximum Gasteiger partial charge on any atom is 0 e. The Kier molecular flexibility index (Phi) is 7.11. The summed E-state index contributed by atoms with van der Waals surface area (Å²) in [4.78, 5) is 0. The summed E-state index contributed by atoms with van der Waals surface area (Å²) in [5.41, 5.74) is 4.46. The SMILES string of the molecule is Cc1cc2c(Br)c3c(cc2[cH-]1)CCC3.Cl.Cl.[Zr]. The number of rotatable bonds is 0. The van der Waals surface area contributed by atoms with Gasteiger partial charge in [-0.15, -0.1) is 53.3 Å². The summed E-state index contributed by atoms with van der Waals surface area (Å²) < 4.78 is 1.34. The van der Waals surface area contributed by atoms with Crippen molar-refractivity contribution in [3.8, 4) is 0 Å². The molecule has 4 heteroatoms. The summed E-state index contributed by atoms with van der Waals surface area (Å²) in [5, 5.41) is 2.79. The van der Waals surface area contributed by atoms with Crippen LogP contribution in [0.25, 0.3) is 10.8 Å². The maximum atomic E-state index is 3.75. The van der Waals surface area contributed by atoms with E-state index in [1.54, 1.807) is 11.1 Å². The number of fused-ring (bicyclic) bond motifs is 2. The third kappa shape index (κ3) is 3.03. The standard InChI is InChI=1S/C13H12Br.2ClH.Zr/c1-8-5-10-7-9-3-2-4-11(9)13(14)12(10)6-8;;;/h5-7H,2-4H2,1H3;2*1H;/q-1;;;. The van der Waals surface area contributed by atoms with Gasteiger partial charge in [0.2, 0.25) is 0 Å². The minimum Gasteiger partial charge on any atom is -0.164 e. The van der Waals surface area contributed by atoms with Crippen molar-refractivity contribution in [2.75, 3.05) is 0 Å². The Labute approximate surface area is 142 Å². The number of aryl methyl sites for hydroxylation is 2. The van der Waals surface area contributed by atoms with E-state index in [9.17, 15) is 0 Å². The predicted molar refractivity (Wildman–Crippen MR) is 78.5 cm³/mol. The number of benzene rings is 1. The van der Waals surface area contributed by atoms with E-state index in [1.165, 1.54) is 40.1 Å². The van der Waals surface area contributed by atoms with Crippen molar-refractivity contribution in [2.45, 2.75) is 26.2 Å². The Morgan fingerprint density at radius 1 is 1.18 bits per heavy atom. The van der Waals surface area contributed by atoms with Gasteiger partial charge in [-0.2, -0.15) is 6.07 Å². The second-order valence-corrected chi connectivity index (χ2v) is 5.01. The topological polar surface area (TPSA) is 0 Å². The molecule has 0 heterocycles. The zero-order chi connectivity index (χ0) is 9.71. The van der Waals surface area contributed by atoms with E-state index in [-0.39, 0.29) is 51.0 Å². The van der Waals surface area contributed by atoms with Crippen molar-refractivity contribution in [2.24, 2.45) is 0 Å². The first-order valence-electron chi connectivity index (χ1n) is 5.13. The fourth-order valence-corrected chi connectivity index (χ4v) is 3.31. The number of halogens is 3. The van der Waals surface area contributed by atoms with Gasteiger partial charge in [-0.05, 0) is 29.3 Å².